The summed E-state index contributed by atoms with van der Waals surface area (Å²) in [4.78, 5) is 0. The molecule has 1 aliphatic heterocycles. The van der Waals surface area contributed by atoms with Gasteiger partial charge in [-0.2, -0.15) is 0 Å². The highest BCUT2D eigenvalue weighted by Gasteiger charge is 2.31. The lowest BCUT2D eigenvalue weighted by molar-refractivity contribution is -0.186. The van der Waals surface area contributed by atoms with Crippen LogP contribution in [-0.2, 0) is 11.2 Å². The Morgan fingerprint density at radius 3 is 2.34 bits per heavy atom. The third-order valence-corrected chi connectivity index (χ3v) is 5.19. The van der Waals surface area contributed by atoms with Crippen LogP contribution in [-0.4, -0.2) is 51.2 Å². The Bertz CT molecular complexity index is 816. The van der Waals surface area contributed by atoms with Gasteiger partial charge in [-0.05, 0) is 52.3 Å². The second-order valence-electron chi connectivity index (χ2n) is 8.51. The van der Waals surface area contributed by atoms with Crippen molar-refractivity contribution in [2.45, 2.75) is 98.4 Å². The minimum atomic E-state index is -0.638. The summed E-state index contributed by atoms with van der Waals surface area (Å²) in [6.45, 7) is 14.1. The normalized spacial score (nSPS) is 20.8. The first kappa shape index (κ1) is 26.2. The molecule has 1 aliphatic rings. The van der Waals surface area contributed by atoms with Crippen LogP contribution in [0.5, 0.6) is 11.6 Å². The molecule has 0 amide bonds. The van der Waals surface area contributed by atoms with E-state index in [2.05, 4.69) is 31.1 Å². The molecule has 3 unspecified atom stereocenters. The minimum absolute atomic E-state index is 0.135. The molecule has 180 valence electrons. The van der Waals surface area contributed by atoms with Gasteiger partial charge in [0.1, 0.15) is 5.75 Å². The zero-order valence-electron chi connectivity index (χ0n) is 20.5. The van der Waals surface area contributed by atoms with Crippen molar-refractivity contribution in [1.82, 2.24) is 9.78 Å². The number of aromatic nitrogens is 2. The highest BCUT2D eigenvalue weighted by atomic mass is 16.7. The van der Waals surface area contributed by atoms with Gasteiger partial charge >= 0.3 is 0 Å². The summed E-state index contributed by atoms with van der Waals surface area (Å²) in [5, 5.41) is 24.2. The molecular weight excluding hydrogens is 408 g/mol. The number of hydrogen-bond acceptors (Lipinski definition) is 6. The highest BCUT2D eigenvalue weighted by molar-refractivity contribution is 5.38. The lowest BCUT2D eigenvalue weighted by atomic mass is 10.0. The van der Waals surface area contributed by atoms with E-state index in [0.29, 0.717) is 25.1 Å². The molecule has 0 radical (unpaired) electrons. The summed E-state index contributed by atoms with van der Waals surface area (Å²) in [5.74, 6) is 1.36. The largest absolute Gasteiger partial charge is 0.491 e. The summed E-state index contributed by atoms with van der Waals surface area (Å²) in [7, 11) is 0. The summed E-state index contributed by atoms with van der Waals surface area (Å²) in [5.41, 5.74) is 3.16. The Morgan fingerprint density at radius 2 is 1.78 bits per heavy atom. The fourth-order valence-corrected chi connectivity index (χ4v) is 3.75. The molecule has 32 heavy (non-hydrogen) atoms. The molecule has 3 atom stereocenters. The van der Waals surface area contributed by atoms with Gasteiger partial charge in [0.15, 0.2) is 0 Å². The fourth-order valence-electron chi connectivity index (χ4n) is 3.75. The maximum absolute atomic E-state index is 10.1. The Hall–Kier alpha value is -2.09. The average molecular weight is 449 g/mol. The van der Waals surface area contributed by atoms with Crippen LogP contribution in [0.3, 0.4) is 0 Å². The highest BCUT2D eigenvalue weighted by Crippen LogP contribution is 2.30. The molecule has 1 saturated heterocycles. The van der Waals surface area contributed by atoms with Gasteiger partial charge in [0.25, 0.3) is 0 Å². The van der Waals surface area contributed by atoms with Gasteiger partial charge < -0.3 is 24.4 Å². The summed E-state index contributed by atoms with van der Waals surface area (Å²) in [6.07, 6.45) is -0.0697. The van der Waals surface area contributed by atoms with Crippen LogP contribution in [0.25, 0.3) is 0 Å². The molecule has 1 aromatic heterocycles. The quantitative estimate of drug-likeness (QED) is 0.622. The Balaban J connectivity index is 0.00000176. The maximum Gasteiger partial charge on any atom is 0.238 e. The predicted octanol–water partition coefficient (Wildman–Crippen LogP) is 4.41. The van der Waals surface area contributed by atoms with E-state index in [-0.39, 0.29) is 18.8 Å². The van der Waals surface area contributed by atoms with E-state index in [9.17, 15) is 10.2 Å². The lowest BCUT2D eigenvalue weighted by Crippen LogP contribution is -2.40. The van der Waals surface area contributed by atoms with Crippen LogP contribution in [0.2, 0.25) is 0 Å². The summed E-state index contributed by atoms with van der Waals surface area (Å²) >= 11 is 0. The first-order valence-corrected chi connectivity index (χ1v) is 11.7. The zero-order chi connectivity index (χ0) is 23.8. The van der Waals surface area contributed by atoms with Crippen LogP contribution < -0.4 is 9.47 Å². The number of rotatable bonds is 8. The zero-order valence-corrected chi connectivity index (χ0v) is 20.5. The molecule has 0 bridgehead atoms. The van der Waals surface area contributed by atoms with Gasteiger partial charge in [0.2, 0.25) is 12.2 Å². The third-order valence-electron chi connectivity index (χ3n) is 5.19. The molecule has 3 rings (SSSR count). The van der Waals surface area contributed by atoms with E-state index in [1.54, 1.807) is 0 Å². The van der Waals surface area contributed by atoms with E-state index >= 15 is 0 Å². The van der Waals surface area contributed by atoms with Gasteiger partial charge in [-0.15, -0.1) is 5.10 Å². The first-order chi connectivity index (χ1) is 15.3. The van der Waals surface area contributed by atoms with Gasteiger partial charge in [-0.1, -0.05) is 26.0 Å². The number of aliphatic hydroxyl groups is 2. The van der Waals surface area contributed by atoms with E-state index < -0.39 is 18.5 Å². The molecule has 0 spiro atoms. The number of benzene rings is 1. The maximum atomic E-state index is 10.1. The summed E-state index contributed by atoms with van der Waals surface area (Å²) < 4.78 is 19.6. The van der Waals surface area contributed by atoms with Crippen LogP contribution in [0.1, 0.15) is 77.2 Å². The van der Waals surface area contributed by atoms with Crippen LogP contribution in [0.15, 0.2) is 24.3 Å². The number of aliphatic hydroxyl groups excluding tert-OH is 2. The van der Waals surface area contributed by atoms with E-state index in [0.717, 1.165) is 22.6 Å². The van der Waals surface area contributed by atoms with Crippen LogP contribution >= 0.6 is 0 Å². The van der Waals surface area contributed by atoms with Crippen molar-refractivity contribution in [1.29, 1.82) is 0 Å². The Morgan fingerprint density at radius 1 is 1.12 bits per heavy atom. The van der Waals surface area contributed by atoms with Crippen molar-refractivity contribution in [3.05, 3.63) is 41.1 Å². The minimum Gasteiger partial charge on any atom is -0.491 e. The van der Waals surface area contributed by atoms with Gasteiger partial charge in [0.05, 0.1) is 24.9 Å². The topological polar surface area (TPSA) is 86.0 Å². The van der Waals surface area contributed by atoms with Crippen molar-refractivity contribution in [2.24, 2.45) is 0 Å². The van der Waals surface area contributed by atoms with Gasteiger partial charge in [-0.3, -0.25) is 4.68 Å². The van der Waals surface area contributed by atoms with Crippen LogP contribution in [0, 0.1) is 6.92 Å². The molecular formula is C25H40N2O5. The molecule has 2 aromatic rings. The van der Waals surface area contributed by atoms with E-state index in [1.807, 2.05) is 51.4 Å². The van der Waals surface area contributed by atoms with Gasteiger partial charge in [-0.25, -0.2) is 0 Å². The van der Waals surface area contributed by atoms with Crippen molar-refractivity contribution in [3.63, 3.8) is 0 Å². The molecule has 2 heterocycles. The number of nitrogens with zero attached hydrogens (tertiary/aromatic N) is 2. The summed E-state index contributed by atoms with van der Waals surface area (Å²) in [6, 6.07) is 8.24. The van der Waals surface area contributed by atoms with Crippen molar-refractivity contribution in [3.8, 4) is 11.6 Å². The molecule has 0 aliphatic carbocycles. The molecule has 1 fully saturated rings. The monoisotopic (exact) mass is 448 g/mol. The molecule has 2 N–H and O–H groups in total. The fraction of sp³-hybridized carbons (Fsp3) is 0.640. The molecule has 1 aromatic carbocycles. The molecule has 0 saturated carbocycles. The Labute approximate surface area is 192 Å². The van der Waals surface area contributed by atoms with E-state index in [4.69, 9.17) is 14.2 Å². The molecule has 7 nitrogen and oxygen atoms in total. The van der Waals surface area contributed by atoms with Crippen molar-refractivity contribution >= 4 is 0 Å². The van der Waals surface area contributed by atoms with Crippen LogP contribution in [0.4, 0.5) is 0 Å². The number of hydrogen-bond donors (Lipinski definition) is 2. The Kier molecular flexibility index (Phi) is 10.0. The average Bonchev–Trinajstić information content (AvgIpc) is 3.05. The van der Waals surface area contributed by atoms with Crippen molar-refractivity contribution in [2.75, 3.05) is 6.61 Å². The molecule has 7 heteroatoms. The number of ether oxygens (including phenoxy) is 3. The standard InChI is InChI=1S/C23H34N2O5.C2H6/c1-14(2)25-16(5)21(10-17-6-8-19(9-7-17)28-15(3)4)23(24-25)30-22-12-18(27)11-20(13-26)29-22;1-2/h6-9,14-15,18,20,22,26-27H,10-13H2,1-5H3;1-2H3. The predicted molar refractivity (Wildman–Crippen MR) is 125 cm³/mol. The SMILES string of the molecule is CC.Cc1c(Cc2ccc(OC(C)C)cc2)c(OC2CC(O)CC(CO)O2)nn1C(C)C. The second kappa shape index (κ2) is 12.2. The van der Waals surface area contributed by atoms with Crippen molar-refractivity contribution < 1.29 is 24.4 Å². The van der Waals surface area contributed by atoms with E-state index in [1.165, 1.54) is 0 Å². The first-order valence-electron chi connectivity index (χ1n) is 11.7. The lowest BCUT2D eigenvalue weighted by Gasteiger charge is -2.31. The third kappa shape index (κ3) is 6.95. The smallest absolute Gasteiger partial charge is 0.238 e. The second-order valence-corrected chi connectivity index (χ2v) is 8.51. The van der Waals surface area contributed by atoms with Gasteiger partial charge in [0, 0.05) is 36.6 Å².